The summed E-state index contributed by atoms with van der Waals surface area (Å²) in [6.07, 6.45) is 5.44. The molecule has 0 spiro atoms. The number of ether oxygens (including phenoxy) is 1. The van der Waals surface area contributed by atoms with Crippen molar-refractivity contribution in [3.63, 3.8) is 0 Å². The summed E-state index contributed by atoms with van der Waals surface area (Å²) >= 11 is 0. The molecule has 1 aliphatic carbocycles. The fourth-order valence-electron chi connectivity index (χ4n) is 2.91. The van der Waals surface area contributed by atoms with E-state index in [2.05, 4.69) is 37.4 Å². The Morgan fingerprint density at radius 2 is 2.06 bits per heavy atom. The largest absolute Gasteiger partial charge is 0.496 e. The normalized spacial score (nSPS) is 23.9. The molecule has 2 heteroatoms. The number of hydrogen-bond acceptors (Lipinski definition) is 2. The van der Waals surface area contributed by atoms with Gasteiger partial charge in [-0.15, -0.1) is 0 Å². The molecule has 0 saturated heterocycles. The van der Waals surface area contributed by atoms with Gasteiger partial charge in [-0.3, -0.25) is 0 Å². The first-order chi connectivity index (χ1) is 8.70. The molecule has 100 valence electrons. The summed E-state index contributed by atoms with van der Waals surface area (Å²) in [6, 6.07) is 7.06. The zero-order valence-corrected chi connectivity index (χ0v) is 11.8. The first-order valence-electron chi connectivity index (χ1n) is 7.07. The van der Waals surface area contributed by atoms with E-state index in [-0.39, 0.29) is 0 Å². The third-order valence-electron chi connectivity index (χ3n) is 4.10. The van der Waals surface area contributed by atoms with Crippen LogP contribution in [-0.2, 0) is 6.54 Å². The SMILES string of the molecule is COc1ccc(C)cc1CNC1CCCCC1C. The first-order valence-corrected chi connectivity index (χ1v) is 7.07. The monoisotopic (exact) mass is 247 g/mol. The molecule has 0 aromatic heterocycles. The minimum atomic E-state index is 0.670. The molecule has 1 N–H and O–H groups in total. The van der Waals surface area contributed by atoms with Crippen molar-refractivity contribution in [2.75, 3.05) is 7.11 Å². The van der Waals surface area contributed by atoms with E-state index >= 15 is 0 Å². The van der Waals surface area contributed by atoms with Gasteiger partial charge in [0, 0.05) is 18.2 Å². The number of benzene rings is 1. The number of aryl methyl sites for hydroxylation is 1. The van der Waals surface area contributed by atoms with Crippen LogP contribution in [-0.4, -0.2) is 13.2 Å². The molecule has 2 nitrogen and oxygen atoms in total. The van der Waals surface area contributed by atoms with Gasteiger partial charge in [0.2, 0.25) is 0 Å². The second kappa shape index (κ2) is 6.24. The van der Waals surface area contributed by atoms with Crippen molar-refractivity contribution >= 4 is 0 Å². The van der Waals surface area contributed by atoms with Crippen LogP contribution in [0.3, 0.4) is 0 Å². The maximum Gasteiger partial charge on any atom is 0.123 e. The van der Waals surface area contributed by atoms with E-state index in [1.807, 2.05) is 0 Å². The zero-order chi connectivity index (χ0) is 13.0. The van der Waals surface area contributed by atoms with Gasteiger partial charge < -0.3 is 10.1 Å². The van der Waals surface area contributed by atoms with E-state index in [1.54, 1.807) is 7.11 Å². The van der Waals surface area contributed by atoms with Crippen LogP contribution >= 0.6 is 0 Å². The van der Waals surface area contributed by atoms with Gasteiger partial charge in [0.25, 0.3) is 0 Å². The van der Waals surface area contributed by atoms with Gasteiger partial charge >= 0.3 is 0 Å². The average Bonchev–Trinajstić information content (AvgIpc) is 2.38. The van der Waals surface area contributed by atoms with Gasteiger partial charge in [0.1, 0.15) is 5.75 Å². The van der Waals surface area contributed by atoms with Crippen LogP contribution in [0.4, 0.5) is 0 Å². The molecule has 1 aromatic rings. The van der Waals surface area contributed by atoms with E-state index in [0.29, 0.717) is 6.04 Å². The molecule has 1 fully saturated rings. The van der Waals surface area contributed by atoms with Crippen LogP contribution < -0.4 is 10.1 Å². The molecule has 0 radical (unpaired) electrons. The number of hydrogen-bond donors (Lipinski definition) is 1. The fraction of sp³-hybridized carbons (Fsp3) is 0.625. The first kappa shape index (κ1) is 13.4. The molecule has 0 amide bonds. The minimum absolute atomic E-state index is 0.670. The van der Waals surface area contributed by atoms with Gasteiger partial charge in [0.05, 0.1) is 7.11 Å². The Hall–Kier alpha value is -1.02. The summed E-state index contributed by atoms with van der Waals surface area (Å²) in [6.45, 7) is 5.41. The molecule has 1 aliphatic rings. The Balaban J connectivity index is 1.98. The lowest BCUT2D eigenvalue weighted by molar-refractivity contribution is 0.278. The summed E-state index contributed by atoms with van der Waals surface area (Å²) in [7, 11) is 1.75. The highest BCUT2D eigenvalue weighted by Gasteiger charge is 2.20. The van der Waals surface area contributed by atoms with Crippen LogP contribution in [0, 0.1) is 12.8 Å². The lowest BCUT2D eigenvalue weighted by atomic mass is 9.86. The molecule has 2 atom stereocenters. The number of methoxy groups -OCH3 is 1. The highest BCUT2D eigenvalue weighted by molar-refractivity contribution is 5.36. The highest BCUT2D eigenvalue weighted by atomic mass is 16.5. The Bertz CT molecular complexity index is 389. The fourth-order valence-corrected chi connectivity index (χ4v) is 2.91. The van der Waals surface area contributed by atoms with E-state index in [9.17, 15) is 0 Å². The average molecular weight is 247 g/mol. The molecule has 2 unspecified atom stereocenters. The highest BCUT2D eigenvalue weighted by Crippen LogP contribution is 2.25. The van der Waals surface area contributed by atoms with Crippen molar-refractivity contribution in [3.8, 4) is 5.75 Å². The Labute approximate surface area is 111 Å². The molecular formula is C16H25NO. The molecule has 18 heavy (non-hydrogen) atoms. The van der Waals surface area contributed by atoms with Crippen molar-refractivity contribution in [2.45, 2.75) is 52.1 Å². The topological polar surface area (TPSA) is 21.3 Å². The van der Waals surface area contributed by atoms with Gasteiger partial charge in [-0.1, -0.05) is 37.5 Å². The summed E-state index contributed by atoms with van der Waals surface area (Å²) in [5.41, 5.74) is 2.57. The second-order valence-corrected chi connectivity index (χ2v) is 5.56. The molecule has 0 heterocycles. The van der Waals surface area contributed by atoms with Crippen LogP contribution in [0.5, 0.6) is 5.75 Å². The summed E-state index contributed by atoms with van der Waals surface area (Å²) in [5.74, 6) is 1.80. The summed E-state index contributed by atoms with van der Waals surface area (Å²) in [4.78, 5) is 0. The zero-order valence-electron chi connectivity index (χ0n) is 11.8. The second-order valence-electron chi connectivity index (χ2n) is 5.56. The maximum absolute atomic E-state index is 5.43. The molecule has 1 saturated carbocycles. The van der Waals surface area contributed by atoms with Gasteiger partial charge in [-0.05, 0) is 31.7 Å². The third-order valence-corrected chi connectivity index (χ3v) is 4.10. The molecular weight excluding hydrogens is 222 g/mol. The Morgan fingerprint density at radius 1 is 1.28 bits per heavy atom. The quantitative estimate of drug-likeness (QED) is 0.876. The van der Waals surface area contributed by atoms with Gasteiger partial charge in [-0.25, -0.2) is 0 Å². The van der Waals surface area contributed by atoms with Crippen molar-refractivity contribution in [1.29, 1.82) is 0 Å². The predicted octanol–water partition coefficient (Wildman–Crippen LogP) is 3.67. The van der Waals surface area contributed by atoms with Crippen molar-refractivity contribution < 1.29 is 4.74 Å². The lowest BCUT2D eigenvalue weighted by Crippen LogP contribution is -2.36. The predicted molar refractivity (Wildman–Crippen MR) is 76.0 cm³/mol. The van der Waals surface area contributed by atoms with Crippen molar-refractivity contribution in [1.82, 2.24) is 5.32 Å². The van der Waals surface area contributed by atoms with E-state index in [1.165, 1.54) is 36.8 Å². The Morgan fingerprint density at radius 3 is 2.78 bits per heavy atom. The van der Waals surface area contributed by atoms with E-state index in [4.69, 9.17) is 4.74 Å². The lowest BCUT2D eigenvalue weighted by Gasteiger charge is -2.30. The molecule has 1 aromatic carbocycles. The van der Waals surface area contributed by atoms with Crippen LogP contribution in [0.15, 0.2) is 18.2 Å². The van der Waals surface area contributed by atoms with Crippen molar-refractivity contribution in [3.05, 3.63) is 29.3 Å². The smallest absolute Gasteiger partial charge is 0.123 e. The number of nitrogens with one attached hydrogen (secondary N) is 1. The Kier molecular flexibility index (Phi) is 4.65. The van der Waals surface area contributed by atoms with Crippen LogP contribution in [0.2, 0.25) is 0 Å². The third kappa shape index (κ3) is 3.26. The van der Waals surface area contributed by atoms with Gasteiger partial charge in [0.15, 0.2) is 0 Å². The van der Waals surface area contributed by atoms with Gasteiger partial charge in [-0.2, -0.15) is 0 Å². The molecule has 0 aliphatic heterocycles. The van der Waals surface area contributed by atoms with Crippen LogP contribution in [0.1, 0.15) is 43.7 Å². The van der Waals surface area contributed by atoms with Crippen LogP contribution in [0.25, 0.3) is 0 Å². The van der Waals surface area contributed by atoms with E-state index < -0.39 is 0 Å². The standard InChI is InChI=1S/C16H25NO/c1-12-8-9-16(18-3)14(10-12)11-17-15-7-5-4-6-13(15)2/h8-10,13,15,17H,4-7,11H2,1-3H3. The minimum Gasteiger partial charge on any atom is -0.496 e. The molecule has 0 bridgehead atoms. The maximum atomic E-state index is 5.43. The number of rotatable bonds is 4. The molecule has 2 rings (SSSR count). The van der Waals surface area contributed by atoms with E-state index in [0.717, 1.165) is 18.2 Å². The summed E-state index contributed by atoms with van der Waals surface area (Å²) < 4.78 is 5.43. The summed E-state index contributed by atoms with van der Waals surface area (Å²) in [5, 5.41) is 3.71. The van der Waals surface area contributed by atoms with Crippen molar-refractivity contribution in [2.24, 2.45) is 5.92 Å².